The minimum Gasteiger partial charge on any atom is -0.489 e. The lowest BCUT2D eigenvalue weighted by atomic mass is 10.2. The zero-order valence-corrected chi connectivity index (χ0v) is 14.3. The summed E-state index contributed by atoms with van der Waals surface area (Å²) >= 11 is 0. The molecular weight excluding hydrogens is 347 g/mol. The van der Waals surface area contributed by atoms with Crippen molar-refractivity contribution < 1.29 is 19.0 Å². The van der Waals surface area contributed by atoms with Crippen LogP contribution < -0.4 is 10.2 Å². The number of carbonyl (C=O) groups is 1. The Labute approximate surface area is 155 Å². The van der Waals surface area contributed by atoms with E-state index in [1.165, 1.54) is 24.3 Å². The first-order chi connectivity index (χ1) is 13.1. The molecule has 0 aliphatic rings. The Kier molecular flexibility index (Phi) is 5.79. The molecule has 0 radical (unpaired) electrons. The molecule has 5 nitrogen and oxygen atoms in total. The number of hydrazone groups is 1. The van der Waals surface area contributed by atoms with Crippen LogP contribution in [0, 0.1) is 5.82 Å². The van der Waals surface area contributed by atoms with Crippen LogP contribution in [0.1, 0.15) is 21.5 Å². The molecule has 0 fully saturated rings. The van der Waals surface area contributed by atoms with Crippen LogP contribution in [0.4, 0.5) is 10.1 Å². The Bertz CT molecular complexity index is 956. The highest BCUT2D eigenvalue weighted by Gasteiger charge is 2.02. The average molecular weight is 364 g/mol. The number of hydrogen-bond donors (Lipinski definition) is 2. The van der Waals surface area contributed by atoms with Gasteiger partial charge in [-0.25, -0.2) is 9.18 Å². The Morgan fingerprint density at radius 1 is 1.07 bits per heavy atom. The molecule has 0 amide bonds. The largest absolute Gasteiger partial charge is 0.489 e. The summed E-state index contributed by atoms with van der Waals surface area (Å²) in [7, 11) is 0. The van der Waals surface area contributed by atoms with Crippen LogP contribution in [0.3, 0.4) is 0 Å². The fourth-order valence-corrected chi connectivity index (χ4v) is 2.34. The molecule has 3 aromatic rings. The van der Waals surface area contributed by atoms with Crippen LogP contribution in [0.2, 0.25) is 0 Å². The van der Waals surface area contributed by atoms with E-state index in [0.717, 1.165) is 11.1 Å². The van der Waals surface area contributed by atoms with Gasteiger partial charge >= 0.3 is 5.97 Å². The number of ether oxygens (including phenoxy) is 1. The molecule has 0 heterocycles. The van der Waals surface area contributed by atoms with Crippen molar-refractivity contribution in [3.8, 4) is 5.75 Å². The van der Waals surface area contributed by atoms with Gasteiger partial charge in [0, 0.05) is 0 Å². The summed E-state index contributed by atoms with van der Waals surface area (Å²) in [6.07, 6.45) is 1.61. The van der Waals surface area contributed by atoms with Gasteiger partial charge in [-0.3, -0.25) is 5.43 Å². The van der Waals surface area contributed by atoms with E-state index in [0.29, 0.717) is 18.0 Å². The quantitative estimate of drug-likeness (QED) is 0.477. The van der Waals surface area contributed by atoms with Gasteiger partial charge in [-0.1, -0.05) is 30.3 Å². The number of nitrogens with zero attached hydrogens (tertiary/aromatic N) is 1. The van der Waals surface area contributed by atoms with Crippen LogP contribution in [-0.2, 0) is 6.61 Å². The molecule has 0 atom stereocenters. The molecule has 0 spiro atoms. The van der Waals surface area contributed by atoms with Gasteiger partial charge in [0.2, 0.25) is 0 Å². The van der Waals surface area contributed by atoms with E-state index in [2.05, 4.69) is 10.5 Å². The Morgan fingerprint density at radius 3 is 2.63 bits per heavy atom. The van der Waals surface area contributed by atoms with Gasteiger partial charge in [0.15, 0.2) is 0 Å². The first kappa shape index (κ1) is 18.1. The maximum atomic E-state index is 12.9. The summed E-state index contributed by atoms with van der Waals surface area (Å²) in [5.74, 6) is -0.608. The molecule has 0 aliphatic carbocycles. The Hall–Kier alpha value is -3.67. The summed E-state index contributed by atoms with van der Waals surface area (Å²) in [6.45, 7) is 0.334. The van der Waals surface area contributed by atoms with Gasteiger partial charge < -0.3 is 9.84 Å². The second-order valence-electron chi connectivity index (χ2n) is 5.74. The van der Waals surface area contributed by atoms with E-state index in [4.69, 9.17) is 9.84 Å². The van der Waals surface area contributed by atoms with E-state index < -0.39 is 5.97 Å². The molecule has 0 saturated heterocycles. The standard InChI is InChI=1S/C21H17FN2O3/c22-18-9-7-15(8-10-18)14-27-20-6-1-3-16(11-20)13-23-24-19-5-2-4-17(12-19)21(25)26/h1-13,24H,14H2,(H,25,26). The molecule has 0 unspecified atom stereocenters. The lowest BCUT2D eigenvalue weighted by Crippen LogP contribution is -1.98. The van der Waals surface area contributed by atoms with Crippen LogP contribution in [0.5, 0.6) is 5.75 Å². The van der Waals surface area contributed by atoms with Crippen molar-refractivity contribution >= 4 is 17.9 Å². The van der Waals surface area contributed by atoms with Gasteiger partial charge in [-0.05, 0) is 53.6 Å². The van der Waals surface area contributed by atoms with Gasteiger partial charge in [0.1, 0.15) is 18.2 Å². The predicted octanol–water partition coefficient (Wildman–Crippen LogP) is 4.55. The number of carboxylic acids is 1. The minimum absolute atomic E-state index is 0.186. The average Bonchev–Trinajstić information content (AvgIpc) is 2.68. The van der Waals surface area contributed by atoms with Gasteiger partial charge in [0.25, 0.3) is 0 Å². The molecule has 136 valence electrons. The van der Waals surface area contributed by atoms with Gasteiger partial charge in [-0.2, -0.15) is 5.10 Å². The third-order valence-corrected chi connectivity index (χ3v) is 3.69. The summed E-state index contributed by atoms with van der Waals surface area (Å²) in [5, 5.41) is 13.1. The van der Waals surface area contributed by atoms with Crippen LogP contribution in [0.15, 0.2) is 77.9 Å². The molecule has 3 rings (SSSR count). The number of hydrogen-bond acceptors (Lipinski definition) is 4. The number of aromatic carboxylic acids is 1. The highest BCUT2D eigenvalue weighted by Crippen LogP contribution is 2.15. The molecule has 0 saturated carbocycles. The summed E-state index contributed by atoms with van der Waals surface area (Å²) < 4.78 is 18.6. The Balaban J connectivity index is 1.60. The first-order valence-electron chi connectivity index (χ1n) is 8.20. The predicted molar refractivity (Wildman–Crippen MR) is 102 cm³/mol. The van der Waals surface area contributed by atoms with Crippen molar-refractivity contribution in [3.63, 3.8) is 0 Å². The fourth-order valence-electron chi connectivity index (χ4n) is 2.34. The number of carboxylic acid groups (broad SMARTS) is 1. The number of benzene rings is 3. The zero-order chi connectivity index (χ0) is 19.1. The summed E-state index contributed by atoms with van der Waals surface area (Å²) in [4.78, 5) is 11.0. The van der Waals surface area contributed by atoms with Crippen molar-refractivity contribution in [2.75, 3.05) is 5.43 Å². The zero-order valence-electron chi connectivity index (χ0n) is 14.3. The maximum absolute atomic E-state index is 12.9. The van der Waals surface area contributed by atoms with Crippen LogP contribution in [0.25, 0.3) is 0 Å². The maximum Gasteiger partial charge on any atom is 0.335 e. The molecule has 27 heavy (non-hydrogen) atoms. The lowest BCUT2D eigenvalue weighted by Gasteiger charge is -2.07. The Morgan fingerprint density at radius 2 is 1.85 bits per heavy atom. The topological polar surface area (TPSA) is 70.9 Å². The highest BCUT2D eigenvalue weighted by atomic mass is 19.1. The monoisotopic (exact) mass is 364 g/mol. The van der Waals surface area contributed by atoms with Crippen molar-refractivity contribution in [1.82, 2.24) is 0 Å². The molecule has 3 aromatic carbocycles. The van der Waals surface area contributed by atoms with Crippen molar-refractivity contribution in [2.24, 2.45) is 5.10 Å². The lowest BCUT2D eigenvalue weighted by molar-refractivity contribution is 0.0697. The number of anilines is 1. The second kappa shape index (κ2) is 8.62. The van der Waals surface area contributed by atoms with Gasteiger partial charge in [0.05, 0.1) is 17.5 Å². The molecule has 2 N–H and O–H groups in total. The third-order valence-electron chi connectivity index (χ3n) is 3.69. The molecule has 6 heteroatoms. The third kappa shape index (κ3) is 5.40. The van der Waals surface area contributed by atoms with E-state index in [1.807, 2.05) is 24.3 Å². The number of halogens is 1. The SMILES string of the molecule is O=C(O)c1cccc(NN=Cc2cccc(OCc3ccc(F)cc3)c2)c1. The summed E-state index contributed by atoms with van der Waals surface area (Å²) in [6, 6.07) is 19.9. The van der Waals surface area contributed by atoms with E-state index in [1.54, 1.807) is 30.5 Å². The summed E-state index contributed by atoms with van der Waals surface area (Å²) in [5.41, 5.74) is 5.25. The molecule has 0 bridgehead atoms. The minimum atomic E-state index is -0.992. The molecular formula is C21H17FN2O3. The van der Waals surface area contributed by atoms with E-state index >= 15 is 0 Å². The van der Waals surface area contributed by atoms with E-state index in [-0.39, 0.29) is 11.4 Å². The molecule has 0 aliphatic heterocycles. The number of nitrogens with one attached hydrogen (secondary N) is 1. The van der Waals surface area contributed by atoms with Crippen LogP contribution in [-0.4, -0.2) is 17.3 Å². The highest BCUT2D eigenvalue weighted by molar-refractivity contribution is 5.88. The normalized spacial score (nSPS) is 10.7. The first-order valence-corrected chi connectivity index (χ1v) is 8.20. The van der Waals surface area contributed by atoms with Crippen molar-refractivity contribution in [1.29, 1.82) is 0 Å². The fraction of sp³-hybridized carbons (Fsp3) is 0.0476. The second-order valence-corrected chi connectivity index (χ2v) is 5.74. The smallest absolute Gasteiger partial charge is 0.335 e. The van der Waals surface area contributed by atoms with Crippen molar-refractivity contribution in [2.45, 2.75) is 6.61 Å². The van der Waals surface area contributed by atoms with Crippen LogP contribution >= 0.6 is 0 Å². The van der Waals surface area contributed by atoms with E-state index in [9.17, 15) is 9.18 Å². The number of rotatable bonds is 7. The van der Waals surface area contributed by atoms with Crippen molar-refractivity contribution in [3.05, 3.63) is 95.3 Å². The molecule has 0 aromatic heterocycles. The van der Waals surface area contributed by atoms with Gasteiger partial charge in [-0.15, -0.1) is 0 Å².